The topological polar surface area (TPSA) is 195 Å². The number of carboxylic acids is 2. The highest BCUT2D eigenvalue weighted by Gasteiger charge is 2.39. The molecule has 1 aliphatic rings. The molecule has 2 heterocycles. The summed E-state index contributed by atoms with van der Waals surface area (Å²) in [5, 5.41) is 24.6. The van der Waals surface area contributed by atoms with Gasteiger partial charge in [-0.3, -0.25) is 19.2 Å². The predicted octanol–water partition coefficient (Wildman–Crippen LogP) is -0.422. The van der Waals surface area contributed by atoms with Crippen LogP contribution in [0.15, 0.2) is 30.5 Å². The van der Waals surface area contributed by atoms with E-state index < -0.39 is 60.2 Å². The van der Waals surface area contributed by atoms with Crippen molar-refractivity contribution in [3.05, 3.63) is 36.0 Å². The Kier molecular flexibility index (Phi) is 8.07. The molecule has 2 aromatic rings. The Hall–Kier alpha value is -3.93. The first-order valence-electron chi connectivity index (χ1n) is 11.2. The van der Waals surface area contributed by atoms with E-state index in [1.54, 1.807) is 6.20 Å². The number of likely N-dealkylation sites (tertiary alicyclic amines) is 1. The van der Waals surface area contributed by atoms with E-state index in [0.717, 1.165) is 10.9 Å². The second-order valence-corrected chi connectivity index (χ2v) is 8.60. The van der Waals surface area contributed by atoms with Gasteiger partial charge >= 0.3 is 11.9 Å². The maximum absolute atomic E-state index is 13.1. The van der Waals surface area contributed by atoms with Gasteiger partial charge in [0.15, 0.2) is 0 Å². The molecule has 35 heavy (non-hydrogen) atoms. The number of aromatic nitrogens is 1. The zero-order valence-corrected chi connectivity index (χ0v) is 19.2. The van der Waals surface area contributed by atoms with E-state index in [0.29, 0.717) is 12.0 Å². The molecule has 1 saturated heterocycles. The summed E-state index contributed by atoms with van der Waals surface area (Å²) in [6.45, 7) is 1.56. The Morgan fingerprint density at radius 2 is 1.86 bits per heavy atom. The summed E-state index contributed by atoms with van der Waals surface area (Å²) in [5.74, 6) is -4.63. The van der Waals surface area contributed by atoms with E-state index in [2.05, 4.69) is 15.6 Å². The highest BCUT2D eigenvalue weighted by atomic mass is 16.4. The van der Waals surface area contributed by atoms with Crippen LogP contribution >= 0.6 is 0 Å². The zero-order chi connectivity index (χ0) is 25.7. The molecule has 12 nitrogen and oxygen atoms in total. The highest BCUT2D eigenvalue weighted by molar-refractivity contribution is 5.96. The first-order valence-corrected chi connectivity index (χ1v) is 11.2. The van der Waals surface area contributed by atoms with Gasteiger partial charge in [-0.1, -0.05) is 18.2 Å². The largest absolute Gasteiger partial charge is 0.481 e. The van der Waals surface area contributed by atoms with Gasteiger partial charge in [0.2, 0.25) is 17.7 Å². The fraction of sp³-hybridized carbons (Fsp3) is 0.435. The van der Waals surface area contributed by atoms with Crippen LogP contribution in [-0.2, 0) is 30.4 Å². The summed E-state index contributed by atoms with van der Waals surface area (Å²) in [6.07, 6.45) is 1.77. The molecule has 0 bridgehead atoms. The molecular weight excluding hydrogens is 458 g/mol. The Labute approximate surface area is 200 Å². The summed E-state index contributed by atoms with van der Waals surface area (Å²) in [6, 6.07) is 2.78. The van der Waals surface area contributed by atoms with Crippen LogP contribution in [0.2, 0.25) is 0 Å². The standard InChI is InChI=1S/C23H29N5O7/c1-12(24)20(31)26-16(10-19(29)30)22(33)28-8-4-7-18(28)21(32)27-17(23(34)35)9-13-11-25-15-6-3-2-5-14(13)15/h2-3,5-6,11-12,16-18,25H,4,7-10,24H2,1H3,(H,26,31)(H,27,32)(H,29,30)(H,34,35). The molecule has 7 N–H and O–H groups in total. The molecule has 0 aliphatic carbocycles. The molecule has 3 amide bonds. The van der Waals surface area contributed by atoms with Crippen LogP contribution in [0.5, 0.6) is 0 Å². The Bertz CT molecular complexity index is 1130. The van der Waals surface area contributed by atoms with E-state index >= 15 is 0 Å². The first kappa shape index (κ1) is 25.7. The minimum absolute atomic E-state index is 0.0256. The molecule has 3 rings (SSSR count). The van der Waals surface area contributed by atoms with Crippen molar-refractivity contribution in [2.24, 2.45) is 5.73 Å². The maximum atomic E-state index is 13.1. The van der Waals surface area contributed by atoms with Gasteiger partial charge in [0.25, 0.3) is 0 Å². The third-order valence-electron chi connectivity index (χ3n) is 5.96. The molecule has 1 aromatic carbocycles. The third-order valence-corrected chi connectivity index (χ3v) is 5.96. The van der Waals surface area contributed by atoms with Crippen LogP contribution in [0.4, 0.5) is 0 Å². The summed E-state index contributed by atoms with van der Waals surface area (Å²) < 4.78 is 0. The van der Waals surface area contributed by atoms with E-state index in [9.17, 15) is 34.2 Å². The Balaban J connectivity index is 1.73. The maximum Gasteiger partial charge on any atom is 0.326 e. The lowest BCUT2D eigenvalue weighted by Gasteiger charge is -2.29. The normalized spacial score (nSPS) is 18.0. The average Bonchev–Trinajstić information content (AvgIpc) is 3.45. The number of fused-ring (bicyclic) bond motifs is 1. The molecule has 1 aromatic heterocycles. The molecule has 188 valence electrons. The van der Waals surface area contributed by atoms with Gasteiger partial charge in [-0.15, -0.1) is 0 Å². The molecule has 12 heteroatoms. The van der Waals surface area contributed by atoms with Gasteiger partial charge in [0.1, 0.15) is 18.1 Å². The Morgan fingerprint density at radius 1 is 1.14 bits per heavy atom. The highest BCUT2D eigenvalue weighted by Crippen LogP contribution is 2.22. The molecule has 4 unspecified atom stereocenters. The molecular formula is C23H29N5O7. The molecule has 1 fully saturated rings. The van der Waals surface area contributed by atoms with E-state index in [1.165, 1.54) is 11.8 Å². The summed E-state index contributed by atoms with van der Waals surface area (Å²) >= 11 is 0. The molecule has 1 aliphatic heterocycles. The van der Waals surface area contributed by atoms with Gasteiger partial charge in [-0.25, -0.2) is 4.79 Å². The van der Waals surface area contributed by atoms with Crippen LogP contribution in [0, 0.1) is 0 Å². The number of carbonyl (C=O) groups excluding carboxylic acids is 3. The minimum atomic E-state index is -1.40. The first-order chi connectivity index (χ1) is 16.6. The van der Waals surface area contributed by atoms with Gasteiger partial charge in [0, 0.05) is 30.1 Å². The number of nitrogens with zero attached hydrogens (tertiary/aromatic N) is 1. The number of nitrogens with two attached hydrogens (primary N) is 1. The van der Waals surface area contributed by atoms with Crippen molar-refractivity contribution in [2.75, 3.05) is 6.54 Å². The van der Waals surface area contributed by atoms with Crippen molar-refractivity contribution in [1.29, 1.82) is 0 Å². The van der Waals surface area contributed by atoms with Crippen LogP contribution in [0.3, 0.4) is 0 Å². The SMILES string of the molecule is CC(N)C(=O)NC(CC(=O)O)C(=O)N1CCCC1C(=O)NC(Cc1c[nH]c2ccccc12)C(=O)O. The van der Waals surface area contributed by atoms with Crippen molar-refractivity contribution in [1.82, 2.24) is 20.5 Å². The Morgan fingerprint density at radius 3 is 2.51 bits per heavy atom. The van der Waals surface area contributed by atoms with Crippen molar-refractivity contribution < 1.29 is 34.2 Å². The number of carbonyl (C=O) groups is 5. The van der Waals surface area contributed by atoms with E-state index in [-0.39, 0.29) is 19.4 Å². The molecule has 0 radical (unpaired) electrons. The second-order valence-electron chi connectivity index (χ2n) is 8.60. The number of hydrogen-bond donors (Lipinski definition) is 6. The lowest BCUT2D eigenvalue weighted by Crippen LogP contribution is -2.57. The lowest BCUT2D eigenvalue weighted by molar-refractivity contribution is -0.147. The van der Waals surface area contributed by atoms with Crippen LogP contribution < -0.4 is 16.4 Å². The number of nitrogens with one attached hydrogen (secondary N) is 3. The summed E-state index contributed by atoms with van der Waals surface area (Å²) in [5.41, 5.74) is 7.06. The van der Waals surface area contributed by atoms with Gasteiger partial charge in [0.05, 0.1) is 12.5 Å². The quantitative estimate of drug-likeness (QED) is 0.260. The number of H-pyrrole nitrogens is 1. The van der Waals surface area contributed by atoms with Crippen molar-refractivity contribution >= 4 is 40.6 Å². The van der Waals surface area contributed by atoms with Gasteiger partial charge in [-0.2, -0.15) is 0 Å². The minimum Gasteiger partial charge on any atom is -0.481 e. The van der Waals surface area contributed by atoms with Crippen LogP contribution in [0.25, 0.3) is 10.9 Å². The monoisotopic (exact) mass is 487 g/mol. The number of carboxylic acid groups (broad SMARTS) is 2. The molecule has 0 spiro atoms. The van der Waals surface area contributed by atoms with Gasteiger partial charge in [-0.05, 0) is 31.4 Å². The second kappa shape index (κ2) is 11.0. The molecule has 0 saturated carbocycles. The third kappa shape index (κ3) is 6.15. The number of hydrogen-bond acceptors (Lipinski definition) is 6. The zero-order valence-electron chi connectivity index (χ0n) is 19.2. The number of para-hydroxylation sites is 1. The van der Waals surface area contributed by atoms with E-state index in [4.69, 9.17) is 5.73 Å². The van der Waals surface area contributed by atoms with Gasteiger partial charge < -0.3 is 36.5 Å². The number of aromatic amines is 1. The number of amides is 3. The lowest BCUT2D eigenvalue weighted by atomic mass is 10.0. The summed E-state index contributed by atoms with van der Waals surface area (Å²) in [7, 11) is 0. The predicted molar refractivity (Wildman–Crippen MR) is 124 cm³/mol. The molecule has 4 atom stereocenters. The van der Waals surface area contributed by atoms with Crippen molar-refractivity contribution in [3.8, 4) is 0 Å². The van der Waals surface area contributed by atoms with E-state index in [1.807, 2.05) is 24.3 Å². The fourth-order valence-electron chi connectivity index (χ4n) is 4.17. The number of benzene rings is 1. The fourth-order valence-corrected chi connectivity index (χ4v) is 4.17. The average molecular weight is 488 g/mol. The van der Waals surface area contributed by atoms with Crippen LogP contribution in [0.1, 0.15) is 31.7 Å². The van der Waals surface area contributed by atoms with Crippen molar-refractivity contribution in [2.45, 2.75) is 56.8 Å². The number of rotatable bonds is 10. The van der Waals surface area contributed by atoms with Crippen LogP contribution in [-0.4, -0.2) is 80.5 Å². The number of aliphatic carboxylic acids is 2. The summed E-state index contributed by atoms with van der Waals surface area (Å²) in [4.78, 5) is 65.5. The smallest absolute Gasteiger partial charge is 0.326 e. The van der Waals surface area contributed by atoms with Crippen molar-refractivity contribution in [3.63, 3.8) is 0 Å².